The van der Waals surface area contributed by atoms with Gasteiger partial charge in [-0.3, -0.25) is 10.1 Å². The molecule has 2 amide bonds. The second kappa shape index (κ2) is 6.45. The first-order valence-electron chi connectivity index (χ1n) is 7.81. The molecule has 0 saturated heterocycles. The Kier molecular flexibility index (Phi) is 4.35. The van der Waals surface area contributed by atoms with E-state index in [1.54, 1.807) is 0 Å². The fourth-order valence-electron chi connectivity index (χ4n) is 3.10. The maximum absolute atomic E-state index is 12.1. The lowest BCUT2D eigenvalue weighted by molar-refractivity contribution is 0.0193. The van der Waals surface area contributed by atoms with E-state index in [-0.39, 0.29) is 17.1 Å². The molecule has 1 saturated carbocycles. The third-order valence-electron chi connectivity index (χ3n) is 4.43. The van der Waals surface area contributed by atoms with Crippen LogP contribution in [0, 0.1) is 0 Å². The predicted molar refractivity (Wildman–Crippen MR) is 89.9 cm³/mol. The van der Waals surface area contributed by atoms with Gasteiger partial charge in [0.05, 0.1) is 6.10 Å². The minimum absolute atomic E-state index is 0.241. The van der Waals surface area contributed by atoms with Crippen LogP contribution in [0.15, 0.2) is 47.3 Å². The zero-order valence-electron chi connectivity index (χ0n) is 13.4. The van der Waals surface area contributed by atoms with Crippen LogP contribution in [-0.4, -0.2) is 33.6 Å². The van der Waals surface area contributed by atoms with Crippen molar-refractivity contribution in [2.75, 3.05) is 11.9 Å². The summed E-state index contributed by atoms with van der Waals surface area (Å²) in [4.78, 5) is 23.4. The Labute approximate surface area is 139 Å². The maximum atomic E-state index is 12.1. The van der Waals surface area contributed by atoms with Gasteiger partial charge in [-0.15, -0.1) is 0 Å². The smallest absolute Gasteiger partial charge is 0.320 e. The highest BCUT2D eigenvalue weighted by Gasteiger charge is 2.44. The Bertz CT molecular complexity index is 782. The fourth-order valence-corrected chi connectivity index (χ4v) is 3.10. The highest BCUT2D eigenvalue weighted by atomic mass is 16.3. The second-order valence-corrected chi connectivity index (χ2v) is 6.20. The van der Waals surface area contributed by atoms with Gasteiger partial charge in [0.2, 0.25) is 0 Å². The number of aryl methyl sites for hydroxylation is 1. The van der Waals surface area contributed by atoms with Crippen LogP contribution in [0.1, 0.15) is 18.4 Å². The Morgan fingerprint density at radius 1 is 1.29 bits per heavy atom. The first kappa shape index (κ1) is 16.2. The molecule has 1 aliphatic rings. The van der Waals surface area contributed by atoms with Gasteiger partial charge in [0.1, 0.15) is 0 Å². The molecular formula is C17H20N4O3. The van der Waals surface area contributed by atoms with Gasteiger partial charge in [-0.2, -0.15) is 5.10 Å². The second-order valence-electron chi connectivity index (χ2n) is 6.20. The van der Waals surface area contributed by atoms with Crippen LogP contribution in [0.4, 0.5) is 10.6 Å². The van der Waals surface area contributed by atoms with Gasteiger partial charge in [0.25, 0.3) is 5.56 Å². The number of hydrogen-bond acceptors (Lipinski definition) is 4. The van der Waals surface area contributed by atoms with Crippen LogP contribution < -0.4 is 16.2 Å². The van der Waals surface area contributed by atoms with E-state index >= 15 is 0 Å². The number of aromatic nitrogens is 2. The molecule has 1 fully saturated rings. The van der Waals surface area contributed by atoms with Crippen LogP contribution >= 0.6 is 0 Å². The molecule has 126 valence electrons. The average Bonchev–Trinajstić information content (AvgIpc) is 2.55. The van der Waals surface area contributed by atoms with Gasteiger partial charge in [0.15, 0.2) is 5.82 Å². The van der Waals surface area contributed by atoms with E-state index in [0.29, 0.717) is 25.2 Å². The van der Waals surface area contributed by atoms with E-state index in [0.717, 1.165) is 10.2 Å². The highest BCUT2D eigenvalue weighted by molar-refractivity contribution is 5.88. The van der Waals surface area contributed by atoms with Crippen molar-refractivity contribution in [3.63, 3.8) is 0 Å². The summed E-state index contributed by atoms with van der Waals surface area (Å²) in [7, 11) is 1.52. The number of rotatable bonds is 4. The van der Waals surface area contributed by atoms with Crippen molar-refractivity contribution < 1.29 is 9.90 Å². The lowest BCUT2D eigenvalue weighted by Gasteiger charge is -2.46. The van der Waals surface area contributed by atoms with Crippen molar-refractivity contribution in [1.82, 2.24) is 15.1 Å². The van der Waals surface area contributed by atoms with E-state index in [1.807, 2.05) is 30.3 Å². The molecule has 1 heterocycles. The molecule has 3 N–H and O–H groups in total. The highest BCUT2D eigenvalue weighted by Crippen LogP contribution is 2.43. The quantitative estimate of drug-likeness (QED) is 0.780. The number of carbonyl (C=O) groups is 1. The molecule has 3 rings (SSSR count). The molecule has 2 aromatic rings. The molecule has 1 aromatic heterocycles. The van der Waals surface area contributed by atoms with Gasteiger partial charge >= 0.3 is 6.03 Å². The van der Waals surface area contributed by atoms with Crippen LogP contribution in [0.3, 0.4) is 0 Å². The summed E-state index contributed by atoms with van der Waals surface area (Å²) in [6, 6.07) is 12.3. The number of aliphatic hydroxyl groups is 1. The van der Waals surface area contributed by atoms with Crippen molar-refractivity contribution in [2.24, 2.45) is 7.05 Å². The first-order chi connectivity index (χ1) is 11.5. The van der Waals surface area contributed by atoms with Crippen molar-refractivity contribution in [3.05, 3.63) is 58.4 Å². The van der Waals surface area contributed by atoms with Gasteiger partial charge < -0.3 is 10.4 Å². The molecule has 0 atom stereocenters. The summed E-state index contributed by atoms with van der Waals surface area (Å²) in [6.45, 7) is 0.422. The fraction of sp³-hybridized carbons (Fsp3) is 0.353. The zero-order valence-corrected chi connectivity index (χ0v) is 13.4. The Balaban J connectivity index is 1.64. The van der Waals surface area contributed by atoms with Crippen LogP contribution in [0.25, 0.3) is 0 Å². The van der Waals surface area contributed by atoms with E-state index < -0.39 is 6.03 Å². The third-order valence-corrected chi connectivity index (χ3v) is 4.43. The van der Waals surface area contributed by atoms with E-state index in [2.05, 4.69) is 15.7 Å². The minimum atomic E-state index is -0.391. The van der Waals surface area contributed by atoms with Crippen LogP contribution in [0.5, 0.6) is 0 Å². The number of carbonyl (C=O) groups excluding carboxylic acids is 1. The van der Waals surface area contributed by atoms with Crippen LogP contribution in [0.2, 0.25) is 0 Å². The molecule has 7 nitrogen and oxygen atoms in total. The molecule has 1 aromatic carbocycles. The SMILES string of the molecule is Cn1nc(NC(=O)NCC2(c3ccccc3)CC(O)C2)ccc1=O. The van der Waals surface area contributed by atoms with Crippen molar-refractivity contribution in [1.29, 1.82) is 0 Å². The number of amides is 2. The first-order valence-corrected chi connectivity index (χ1v) is 7.81. The number of anilines is 1. The molecular weight excluding hydrogens is 308 g/mol. The molecule has 0 spiro atoms. The predicted octanol–water partition coefficient (Wildman–Crippen LogP) is 0.994. The number of urea groups is 1. The van der Waals surface area contributed by atoms with Crippen LogP contribution in [-0.2, 0) is 12.5 Å². The number of hydrogen-bond donors (Lipinski definition) is 3. The average molecular weight is 328 g/mol. The van der Waals surface area contributed by atoms with Crippen molar-refractivity contribution in [3.8, 4) is 0 Å². The lowest BCUT2D eigenvalue weighted by atomic mass is 9.62. The molecule has 7 heteroatoms. The Morgan fingerprint density at radius 2 is 2.00 bits per heavy atom. The molecule has 0 bridgehead atoms. The number of aliphatic hydroxyl groups excluding tert-OH is 1. The maximum Gasteiger partial charge on any atom is 0.320 e. The molecule has 0 unspecified atom stereocenters. The van der Waals surface area contributed by atoms with Gasteiger partial charge in [-0.05, 0) is 24.5 Å². The Morgan fingerprint density at radius 3 is 2.62 bits per heavy atom. The van der Waals surface area contributed by atoms with Gasteiger partial charge in [-0.1, -0.05) is 30.3 Å². The number of benzene rings is 1. The molecule has 0 radical (unpaired) electrons. The summed E-state index contributed by atoms with van der Waals surface area (Å²) in [5, 5.41) is 19.1. The van der Waals surface area contributed by atoms with Crippen molar-refractivity contribution in [2.45, 2.75) is 24.4 Å². The zero-order chi connectivity index (χ0) is 17.2. The largest absolute Gasteiger partial charge is 0.393 e. The summed E-state index contributed by atoms with van der Waals surface area (Å²) in [6.07, 6.45) is 0.908. The minimum Gasteiger partial charge on any atom is -0.393 e. The molecule has 24 heavy (non-hydrogen) atoms. The normalized spacial score (nSPS) is 22.5. The Hall–Kier alpha value is -2.67. The summed E-state index contributed by atoms with van der Waals surface area (Å²) >= 11 is 0. The lowest BCUT2D eigenvalue weighted by Crippen LogP contribution is -2.52. The standard InChI is InChI=1S/C17H20N4O3/c1-21-15(23)8-7-14(20-21)19-16(24)18-11-17(9-13(22)10-17)12-5-3-2-4-6-12/h2-8,13,22H,9-11H2,1H3,(H2,18,19,20,24). The van der Waals surface area contributed by atoms with Gasteiger partial charge in [-0.25, -0.2) is 9.48 Å². The summed E-state index contributed by atoms with van der Waals surface area (Å²) in [5.41, 5.74) is 0.623. The molecule has 0 aliphatic heterocycles. The molecule has 1 aliphatic carbocycles. The number of nitrogens with zero attached hydrogens (tertiary/aromatic N) is 2. The van der Waals surface area contributed by atoms with E-state index in [9.17, 15) is 14.7 Å². The topological polar surface area (TPSA) is 96.2 Å². The van der Waals surface area contributed by atoms with Gasteiger partial charge in [0, 0.05) is 25.1 Å². The summed E-state index contributed by atoms with van der Waals surface area (Å²) in [5.74, 6) is 0.303. The van der Waals surface area contributed by atoms with Crippen molar-refractivity contribution >= 4 is 11.8 Å². The van der Waals surface area contributed by atoms with E-state index in [4.69, 9.17) is 0 Å². The monoisotopic (exact) mass is 328 g/mol. The number of nitrogens with one attached hydrogen (secondary N) is 2. The third kappa shape index (κ3) is 3.30. The van der Waals surface area contributed by atoms with E-state index in [1.165, 1.54) is 19.2 Å². The summed E-state index contributed by atoms with van der Waals surface area (Å²) < 4.78 is 1.16.